The van der Waals surface area contributed by atoms with Crippen molar-refractivity contribution in [2.45, 2.75) is 38.1 Å². The molecule has 1 aromatic rings. The normalized spacial score (nSPS) is 25.6. The first-order valence-corrected chi connectivity index (χ1v) is 7.49. The maximum absolute atomic E-state index is 12.3. The van der Waals surface area contributed by atoms with Crippen molar-refractivity contribution in [1.29, 1.82) is 0 Å². The summed E-state index contributed by atoms with van der Waals surface area (Å²) in [6.07, 6.45) is 1.02. The largest absolute Gasteiger partial charge is 0.243 e. The van der Waals surface area contributed by atoms with Gasteiger partial charge in [0.1, 0.15) is 0 Å². The van der Waals surface area contributed by atoms with E-state index in [1.165, 1.54) is 0 Å². The highest BCUT2D eigenvalue weighted by atomic mass is 32.2. The van der Waals surface area contributed by atoms with E-state index in [9.17, 15) is 8.42 Å². The second-order valence-electron chi connectivity index (χ2n) is 4.84. The minimum Gasteiger partial charge on any atom is -0.207 e. The van der Waals surface area contributed by atoms with E-state index in [0.717, 1.165) is 12.0 Å². The fraction of sp³-hybridized carbons (Fsp3) is 0.538. The van der Waals surface area contributed by atoms with Gasteiger partial charge in [0, 0.05) is 12.6 Å². The summed E-state index contributed by atoms with van der Waals surface area (Å²) in [6, 6.07) is 7.27. The lowest BCUT2D eigenvalue weighted by Crippen LogP contribution is -2.17. The minimum atomic E-state index is -3.25. The minimum absolute atomic E-state index is 0.200. The summed E-state index contributed by atoms with van der Waals surface area (Å²) in [4.78, 5) is 0.411. The van der Waals surface area contributed by atoms with Crippen LogP contribution in [0, 0.1) is 12.8 Å². The van der Waals surface area contributed by atoms with Gasteiger partial charge in [-0.3, -0.25) is 0 Å². The van der Waals surface area contributed by atoms with Gasteiger partial charge >= 0.3 is 0 Å². The van der Waals surface area contributed by atoms with Gasteiger partial charge in [0.2, 0.25) is 10.0 Å². The van der Waals surface area contributed by atoms with Gasteiger partial charge in [-0.05, 0) is 25.0 Å². The molecule has 0 aliphatic carbocycles. The molecule has 0 N–H and O–H groups in total. The first-order chi connectivity index (χ1) is 7.96. The molecule has 0 saturated carbocycles. The number of hydrogen-bond donors (Lipinski definition) is 0. The Morgan fingerprint density at radius 3 is 2.47 bits per heavy atom. The SMILES string of the molecule is CCC(C)[C@H]1CN1S(=O)(=O)c1ccc(C)cc1. The van der Waals surface area contributed by atoms with Crippen LogP contribution in [0.3, 0.4) is 0 Å². The molecule has 1 saturated heterocycles. The molecule has 0 spiro atoms. The molecule has 94 valence electrons. The van der Waals surface area contributed by atoms with Crippen LogP contribution in [0.1, 0.15) is 25.8 Å². The van der Waals surface area contributed by atoms with E-state index in [1.807, 2.05) is 19.1 Å². The third kappa shape index (κ3) is 2.38. The number of hydrogen-bond acceptors (Lipinski definition) is 2. The van der Waals surface area contributed by atoms with Gasteiger partial charge in [-0.1, -0.05) is 38.0 Å². The zero-order valence-electron chi connectivity index (χ0n) is 10.6. The smallest absolute Gasteiger partial charge is 0.207 e. The van der Waals surface area contributed by atoms with Crippen molar-refractivity contribution in [2.24, 2.45) is 5.92 Å². The van der Waals surface area contributed by atoms with Crippen LogP contribution in [0.4, 0.5) is 0 Å². The van der Waals surface area contributed by atoms with E-state index in [1.54, 1.807) is 16.4 Å². The Hall–Kier alpha value is -0.870. The summed E-state index contributed by atoms with van der Waals surface area (Å²) in [6.45, 7) is 6.83. The topological polar surface area (TPSA) is 37.1 Å². The maximum Gasteiger partial charge on any atom is 0.243 e. The molecule has 1 heterocycles. The van der Waals surface area contributed by atoms with E-state index in [-0.39, 0.29) is 6.04 Å². The summed E-state index contributed by atoms with van der Waals surface area (Å²) < 4.78 is 26.1. The Morgan fingerprint density at radius 1 is 1.35 bits per heavy atom. The third-order valence-electron chi connectivity index (χ3n) is 3.53. The van der Waals surface area contributed by atoms with Crippen LogP contribution in [-0.4, -0.2) is 25.3 Å². The lowest BCUT2D eigenvalue weighted by molar-refractivity contribution is 0.485. The molecular formula is C13H19NO2S. The van der Waals surface area contributed by atoms with E-state index in [4.69, 9.17) is 0 Å². The predicted octanol–water partition coefficient (Wildman–Crippen LogP) is 2.41. The van der Waals surface area contributed by atoms with Gasteiger partial charge in [-0.15, -0.1) is 0 Å². The Labute approximate surface area is 104 Å². The quantitative estimate of drug-likeness (QED) is 0.773. The summed E-state index contributed by atoms with van der Waals surface area (Å²) in [7, 11) is -3.25. The van der Waals surface area contributed by atoms with Crippen molar-refractivity contribution < 1.29 is 8.42 Å². The molecule has 1 aromatic carbocycles. The standard InChI is InChI=1S/C13H19NO2S/c1-4-11(3)13-9-14(13)17(15,16)12-7-5-10(2)6-8-12/h5-8,11,13H,4,9H2,1-3H3/t11?,13-,14?/m1/s1. The van der Waals surface area contributed by atoms with E-state index < -0.39 is 10.0 Å². The van der Waals surface area contributed by atoms with E-state index >= 15 is 0 Å². The molecule has 0 radical (unpaired) electrons. The van der Waals surface area contributed by atoms with Crippen LogP contribution in [0.2, 0.25) is 0 Å². The molecule has 1 aliphatic heterocycles. The highest BCUT2D eigenvalue weighted by Crippen LogP contribution is 2.34. The number of sulfonamides is 1. The highest BCUT2D eigenvalue weighted by molar-refractivity contribution is 7.89. The van der Waals surface area contributed by atoms with Gasteiger partial charge in [0.25, 0.3) is 0 Å². The van der Waals surface area contributed by atoms with E-state index in [2.05, 4.69) is 13.8 Å². The average Bonchev–Trinajstić information content (AvgIpc) is 3.09. The molecule has 0 aromatic heterocycles. The lowest BCUT2D eigenvalue weighted by atomic mass is 10.1. The Balaban J connectivity index is 2.19. The van der Waals surface area contributed by atoms with Gasteiger partial charge in [-0.25, -0.2) is 8.42 Å². The number of aryl methyl sites for hydroxylation is 1. The summed E-state index contributed by atoms with van der Waals surface area (Å²) >= 11 is 0. The fourth-order valence-corrected chi connectivity index (χ4v) is 3.66. The molecule has 2 rings (SSSR count). The molecule has 17 heavy (non-hydrogen) atoms. The highest BCUT2D eigenvalue weighted by Gasteiger charge is 2.46. The zero-order valence-corrected chi connectivity index (χ0v) is 11.4. The van der Waals surface area contributed by atoms with E-state index in [0.29, 0.717) is 17.4 Å². The first-order valence-electron chi connectivity index (χ1n) is 6.05. The molecule has 3 atom stereocenters. The summed E-state index contributed by atoms with van der Waals surface area (Å²) in [5, 5.41) is 0. The van der Waals surface area contributed by atoms with Crippen LogP contribution in [0.5, 0.6) is 0 Å². The van der Waals surface area contributed by atoms with Crippen molar-refractivity contribution >= 4 is 10.0 Å². The maximum atomic E-state index is 12.3. The number of rotatable bonds is 4. The second kappa shape index (κ2) is 4.42. The first kappa shape index (κ1) is 12.6. The van der Waals surface area contributed by atoms with Gasteiger partial charge in [0.15, 0.2) is 0 Å². The molecule has 3 nitrogen and oxygen atoms in total. The Morgan fingerprint density at radius 2 is 1.94 bits per heavy atom. The van der Waals surface area contributed by atoms with Crippen molar-refractivity contribution in [3.8, 4) is 0 Å². The number of nitrogens with zero attached hydrogens (tertiary/aromatic N) is 1. The monoisotopic (exact) mass is 253 g/mol. The van der Waals surface area contributed by atoms with Crippen LogP contribution < -0.4 is 0 Å². The van der Waals surface area contributed by atoms with Crippen LogP contribution in [0.25, 0.3) is 0 Å². The van der Waals surface area contributed by atoms with Crippen LogP contribution in [0.15, 0.2) is 29.2 Å². The van der Waals surface area contributed by atoms with Crippen molar-refractivity contribution in [3.05, 3.63) is 29.8 Å². The van der Waals surface area contributed by atoms with Crippen molar-refractivity contribution in [2.75, 3.05) is 6.54 Å². The molecular weight excluding hydrogens is 234 g/mol. The zero-order chi connectivity index (χ0) is 12.6. The summed E-state index contributed by atoms with van der Waals surface area (Å²) in [5.74, 6) is 0.440. The Kier molecular flexibility index (Phi) is 3.27. The van der Waals surface area contributed by atoms with Crippen LogP contribution in [-0.2, 0) is 10.0 Å². The average molecular weight is 253 g/mol. The second-order valence-corrected chi connectivity index (χ2v) is 6.73. The lowest BCUT2D eigenvalue weighted by Gasteiger charge is -2.10. The van der Waals surface area contributed by atoms with Gasteiger partial charge < -0.3 is 0 Å². The van der Waals surface area contributed by atoms with Crippen LogP contribution >= 0.6 is 0 Å². The molecule has 0 amide bonds. The molecule has 1 fully saturated rings. The number of benzene rings is 1. The molecule has 2 unspecified atom stereocenters. The molecule has 0 bridgehead atoms. The van der Waals surface area contributed by atoms with Gasteiger partial charge in [0.05, 0.1) is 4.90 Å². The van der Waals surface area contributed by atoms with Crippen molar-refractivity contribution in [1.82, 2.24) is 4.31 Å². The molecule has 1 aliphatic rings. The summed E-state index contributed by atoms with van der Waals surface area (Å²) in [5.41, 5.74) is 1.08. The predicted molar refractivity (Wildman–Crippen MR) is 68.3 cm³/mol. The molecule has 4 heteroatoms. The van der Waals surface area contributed by atoms with Crippen molar-refractivity contribution in [3.63, 3.8) is 0 Å². The third-order valence-corrected chi connectivity index (χ3v) is 5.44. The van der Waals surface area contributed by atoms with Gasteiger partial charge in [-0.2, -0.15) is 4.31 Å². The Bertz CT molecular complexity index is 493. The fourth-order valence-electron chi connectivity index (χ4n) is 2.00.